The Kier molecular flexibility index (Phi) is 5.45. The molecule has 0 saturated heterocycles. The van der Waals surface area contributed by atoms with E-state index in [4.69, 9.17) is 27.9 Å². The first-order valence-corrected chi connectivity index (χ1v) is 7.34. The maximum atomic E-state index is 14.2. The fourth-order valence-corrected chi connectivity index (χ4v) is 2.63. The van der Waals surface area contributed by atoms with Crippen LogP contribution in [0.1, 0.15) is 24.1 Å². The summed E-state index contributed by atoms with van der Waals surface area (Å²) in [6, 6.07) is 9.80. The molecule has 1 N–H and O–H groups in total. The van der Waals surface area contributed by atoms with Crippen LogP contribution in [-0.2, 0) is 0 Å². The van der Waals surface area contributed by atoms with Gasteiger partial charge in [-0.15, -0.1) is 0 Å². The number of nitrogens with one attached hydrogen (secondary N) is 1. The zero-order valence-corrected chi connectivity index (χ0v) is 13.3. The zero-order valence-electron chi connectivity index (χ0n) is 11.8. The molecule has 21 heavy (non-hydrogen) atoms. The maximum absolute atomic E-state index is 14.2. The van der Waals surface area contributed by atoms with Crippen LogP contribution in [0.2, 0.25) is 10.0 Å². The summed E-state index contributed by atoms with van der Waals surface area (Å²) in [6.45, 7) is 2.66. The van der Waals surface area contributed by atoms with Crippen molar-refractivity contribution in [3.05, 3.63) is 63.4 Å². The summed E-state index contributed by atoms with van der Waals surface area (Å²) in [5.41, 5.74) is 1.39. The lowest BCUT2D eigenvalue weighted by atomic mass is 9.98. The van der Waals surface area contributed by atoms with Gasteiger partial charge in [-0.3, -0.25) is 0 Å². The molecule has 1 atom stereocenters. The summed E-state index contributed by atoms with van der Waals surface area (Å²) >= 11 is 12.0. The van der Waals surface area contributed by atoms with Crippen LogP contribution in [0.3, 0.4) is 0 Å². The van der Waals surface area contributed by atoms with Crippen molar-refractivity contribution in [2.24, 2.45) is 0 Å². The van der Waals surface area contributed by atoms with Crippen LogP contribution in [0.4, 0.5) is 4.39 Å². The van der Waals surface area contributed by atoms with E-state index in [1.165, 1.54) is 6.07 Å². The number of ether oxygens (including phenoxy) is 1. The molecule has 0 aliphatic rings. The lowest BCUT2D eigenvalue weighted by molar-refractivity contribution is 0.414. The highest BCUT2D eigenvalue weighted by atomic mass is 35.5. The van der Waals surface area contributed by atoms with Gasteiger partial charge < -0.3 is 10.1 Å². The minimum Gasteiger partial charge on any atom is -0.495 e. The van der Waals surface area contributed by atoms with Crippen LogP contribution in [0.15, 0.2) is 36.4 Å². The molecule has 0 aliphatic heterocycles. The van der Waals surface area contributed by atoms with Gasteiger partial charge in [0.1, 0.15) is 11.6 Å². The molecule has 2 nitrogen and oxygen atoms in total. The van der Waals surface area contributed by atoms with E-state index in [1.807, 2.05) is 13.0 Å². The van der Waals surface area contributed by atoms with Crippen LogP contribution in [-0.4, -0.2) is 13.7 Å². The zero-order chi connectivity index (χ0) is 15.4. The van der Waals surface area contributed by atoms with Crippen molar-refractivity contribution in [1.82, 2.24) is 5.32 Å². The van der Waals surface area contributed by atoms with Crippen LogP contribution in [0.25, 0.3) is 0 Å². The van der Waals surface area contributed by atoms with Crippen LogP contribution in [0, 0.1) is 5.82 Å². The molecule has 0 amide bonds. The molecular formula is C16H16Cl2FNO. The van der Waals surface area contributed by atoms with Gasteiger partial charge in [0.2, 0.25) is 0 Å². The second-order valence-electron chi connectivity index (χ2n) is 4.55. The summed E-state index contributed by atoms with van der Waals surface area (Å²) in [5, 5.41) is 4.12. The highest BCUT2D eigenvalue weighted by Gasteiger charge is 2.18. The Bertz CT molecular complexity index is 634. The molecule has 0 saturated carbocycles. The van der Waals surface area contributed by atoms with Crippen LogP contribution in [0.5, 0.6) is 5.75 Å². The average Bonchev–Trinajstić information content (AvgIpc) is 2.45. The summed E-state index contributed by atoms with van der Waals surface area (Å²) in [7, 11) is 1.56. The number of hydrogen-bond acceptors (Lipinski definition) is 2. The maximum Gasteiger partial charge on any atom is 0.137 e. The van der Waals surface area contributed by atoms with E-state index in [-0.39, 0.29) is 11.9 Å². The largest absolute Gasteiger partial charge is 0.495 e. The van der Waals surface area contributed by atoms with Gasteiger partial charge in [-0.05, 0) is 36.4 Å². The van der Waals surface area contributed by atoms with Crippen molar-refractivity contribution in [3.63, 3.8) is 0 Å². The molecule has 2 rings (SSSR count). The number of hydrogen-bond donors (Lipinski definition) is 1. The molecule has 112 valence electrons. The minimum atomic E-state index is -0.347. The molecule has 0 bridgehead atoms. The Morgan fingerprint density at radius 2 is 1.95 bits per heavy atom. The third kappa shape index (κ3) is 3.67. The molecule has 0 heterocycles. The number of methoxy groups -OCH3 is 1. The Balaban J connectivity index is 2.45. The second-order valence-corrected chi connectivity index (χ2v) is 5.39. The van der Waals surface area contributed by atoms with E-state index in [0.29, 0.717) is 27.9 Å². The molecule has 1 unspecified atom stereocenters. The van der Waals surface area contributed by atoms with E-state index >= 15 is 0 Å². The monoisotopic (exact) mass is 327 g/mol. The summed E-state index contributed by atoms with van der Waals surface area (Å²) < 4.78 is 19.3. The van der Waals surface area contributed by atoms with Gasteiger partial charge in [0, 0.05) is 10.6 Å². The molecule has 0 radical (unpaired) electrons. The number of halogens is 3. The number of benzene rings is 2. The Labute approximate surface area is 133 Å². The predicted octanol–water partition coefficient (Wildman–Crippen LogP) is 4.84. The standard InChI is InChI=1S/C16H16Cl2FNO/c1-3-20-16(12-6-5-11(17)9-14(12)19)10-4-7-15(21-2)13(18)8-10/h4-9,16,20H,3H2,1-2H3. The van der Waals surface area contributed by atoms with E-state index in [2.05, 4.69) is 5.32 Å². The van der Waals surface area contributed by atoms with Gasteiger partial charge in [0.15, 0.2) is 0 Å². The van der Waals surface area contributed by atoms with Gasteiger partial charge in [0.25, 0.3) is 0 Å². The molecule has 0 fully saturated rings. The lowest BCUT2D eigenvalue weighted by Crippen LogP contribution is -2.23. The van der Waals surface area contributed by atoms with Crippen molar-refractivity contribution in [2.45, 2.75) is 13.0 Å². The van der Waals surface area contributed by atoms with Crippen molar-refractivity contribution < 1.29 is 9.13 Å². The van der Waals surface area contributed by atoms with E-state index in [9.17, 15) is 4.39 Å². The summed E-state index contributed by atoms with van der Waals surface area (Å²) in [6.07, 6.45) is 0. The smallest absolute Gasteiger partial charge is 0.137 e. The van der Waals surface area contributed by atoms with Crippen LogP contribution < -0.4 is 10.1 Å². The molecule has 0 spiro atoms. The molecule has 5 heteroatoms. The third-order valence-electron chi connectivity index (χ3n) is 3.19. The third-order valence-corrected chi connectivity index (χ3v) is 3.72. The first-order valence-electron chi connectivity index (χ1n) is 6.58. The fourth-order valence-electron chi connectivity index (χ4n) is 2.21. The molecular weight excluding hydrogens is 312 g/mol. The molecule has 0 aromatic heterocycles. The number of rotatable bonds is 5. The highest BCUT2D eigenvalue weighted by molar-refractivity contribution is 6.32. The van der Waals surface area contributed by atoms with Crippen molar-refractivity contribution in [1.29, 1.82) is 0 Å². The van der Waals surface area contributed by atoms with Crippen molar-refractivity contribution in [2.75, 3.05) is 13.7 Å². The van der Waals surface area contributed by atoms with Gasteiger partial charge in [-0.25, -0.2) is 4.39 Å². The van der Waals surface area contributed by atoms with Gasteiger partial charge in [-0.1, -0.05) is 42.3 Å². The van der Waals surface area contributed by atoms with E-state index in [1.54, 1.807) is 31.4 Å². The topological polar surface area (TPSA) is 21.3 Å². The molecule has 2 aromatic rings. The van der Waals surface area contributed by atoms with Crippen LogP contribution >= 0.6 is 23.2 Å². The first kappa shape index (κ1) is 16.1. The SMILES string of the molecule is CCNC(c1ccc(OC)c(Cl)c1)c1ccc(Cl)cc1F. The van der Waals surface area contributed by atoms with Crippen molar-refractivity contribution in [3.8, 4) is 5.75 Å². The van der Waals surface area contributed by atoms with Crippen molar-refractivity contribution >= 4 is 23.2 Å². The van der Waals surface area contributed by atoms with Gasteiger partial charge >= 0.3 is 0 Å². The van der Waals surface area contributed by atoms with Gasteiger partial charge in [0.05, 0.1) is 18.2 Å². The van der Waals surface area contributed by atoms with Gasteiger partial charge in [-0.2, -0.15) is 0 Å². The fraction of sp³-hybridized carbons (Fsp3) is 0.250. The second kappa shape index (κ2) is 7.12. The minimum absolute atomic E-state index is 0.296. The molecule has 0 aliphatic carbocycles. The van der Waals surface area contributed by atoms with E-state index < -0.39 is 0 Å². The normalized spacial score (nSPS) is 12.2. The average molecular weight is 328 g/mol. The quantitative estimate of drug-likeness (QED) is 0.848. The Morgan fingerprint density at radius 3 is 2.52 bits per heavy atom. The van der Waals surface area contributed by atoms with E-state index in [0.717, 1.165) is 5.56 Å². The Hall–Kier alpha value is -1.29. The lowest BCUT2D eigenvalue weighted by Gasteiger charge is -2.20. The summed E-state index contributed by atoms with van der Waals surface area (Å²) in [4.78, 5) is 0. The first-order chi connectivity index (χ1) is 10.1. The Morgan fingerprint density at radius 1 is 1.19 bits per heavy atom. The predicted molar refractivity (Wildman–Crippen MR) is 84.9 cm³/mol. The molecule has 2 aromatic carbocycles. The summed E-state index contributed by atoms with van der Waals surface area (Å²) in [5.74, 6) is 0.243. The highest BCUT2D eigenvalue weighted by Crippen LogP contribution is 2.31.